The van der Waals surface area contributed by atoms with Crippen LogP contribution in [0.5, 0.6) is 0 Å². The van der Waals surface area contributed by atoms with E-state index in [9.17, 15) is 0 Å². The van der Waals surface area contributed by atoms with E-state index in [1.165, 1.54) is 0 Å². The molecule has 50 valence electrons. The topological polar surface area (TPSA) is 26.0 Å². The number of rotatable bonds is 0. The minimum atomic E-state index is -0.591. The fourth-order valence-electron chi connectivity index (χ4n) is 0.675. The second-order valence-electron chi connectivity index (χ2n) is 1.87. The van der Waals surface area contributed by atoms with Gasteiger partial charge in [-0.05, 0) is 12.1 Å². The van der Waals surface area contributed by atoms with Crippen LogP contribution in [0, 0.1) is 11.5 Å². The zero-order valence-electron chi connectivity index (χ0n) is 5.67. The Morgan fingerprint density at radius 1 is 1.20 bits per heavy atom. The summed E-state index contributed by atoms with van der Waals surface area (Å²) in [4.78, 5) is 0. The molecule has 0 saturated heterocycles. The van der Waals surface area contributed by atoms with Crippen molar-refractivity contribution in [3.8, 4) is 11.5 Å². The van der Waals surface area contributed by atoms with E-state index < -0.39 is 9.68 Å². The van der Waals surface area contributed by atoms with Crippen molar-refractivity contribution in [1.29, 1.82) is 0 Å². The second-order valence-corrected chi connectivity index (χ2v) is 2.63. The predicted octanol–water partition coefficient (Wildman–Crippen LogP) is 0.0381. The van der Waals surface area contributed by atoms with Gasteiger partial charge in [0, 0.05) is 5.56 Å². The van der Waals surface area contributed by atoms with Crippen LogP contribution in [0.3, 0.4) is 0 Å². The molecule has 0 aliphatic rings. The number of hydrogen-bond acceptors (Lipinski definition) is 1. The summed E-state index contributed by atoms with van der Waals surface area (Å²) in [5, 5.41) is 5.34. The van der Waals surface area contributed by atoms with Gasteiger partial charge < -0.3 is 5.40 Å². The molecule has 1 aromatic rings. The SMILES string of the molecule is N[SiH2]C#Cc1ccccc1. The Labute approximate surface area is 63.2 Å². The van der Waals surface area contributed by atoms with Crippen LogP contribution in [0.15, 0.2) is 30.3 Å². The van der Waals surface area contributed by atoms with Gasteiger partial charge in [-0.2, -0.15) is 0 Å². The summed E-state index contributed by atoms with van der Waals surface area (Å²) in [7, 11) is -0.591. The van der Waals surface area contributed by atoms with Gasteiger partial charge >= 0.3 is 0 Å². The van der Waals surface area contributed by atoms with Gasteiger partial charge in [0.1, 0.15) is 0 Å². The highest BCUT2D eigenvalue weighted by molar-refractivity contribution is 6.42. The van der Waals surface area contributed by atoms with Crippen molar-refractivity contribution in [3.63, 3.8) is 0 Å². The first kappa shape index (κ1) is 7.07. The third-order valence-corrected chi connectivity index (χ3v) is 1.49. The second kappa shape index (κ2) is 3.88. The van der Waals surface area contributed by atoms with E-state index in [1.807, 2.05) is 30.3 Å². The van der Waals surface area contributed by atoms with Crippen molar-refractivity contribution < 1.29 is 0 Å². The van der Waals surface area contributed by atoms with Gasteiger partial charge in [0.05, 0.1) is 0 Å². The molecule has 0 atom stereocenters. The van der Waals surface area contributed by atoms with Gasteiger partial charge in [-0.25, -0.2) is 0 Å². The molecule has 0 aromatic heterocycles. The predicted molar refractivity (Wildman–Crippen MR) is 46.1 cm³/mol. The molecule has 1 aromatic carbocycles. The Kier molecular flexibility index (Phi) is 2.75. The van der Waals surface area contributed by atoms with Crippen molar-refractivity contribution in [3.05, 3.63) is 35.9 Å². The van der Waals surface area contributed by atoms with Gasteiger partial charge in [-0.3, -0.25) is 0 Å². The summed E-state index contributed by atoms with van der Waals surface area (Å²) in [5.74, 6) is 2.98. The normalized spacial score (nSPS) is 9.30. The Hall–Kier alpha value is -1.04. The van der Waals surface area contributed by atoms with Crippen LogP contribution in [0.2, 0.25) is 0 Å². The standard InChI is InChI=1S/C8H9NSi/c9-10-7-6-8-4-2-1-3-5-8/h1-5H,9-10H2. The molecular weight excluding hydrogens is 138 g/mol. The maximum Gasteiger partial charge on any atom is 0.174 e. The number of benzene rings is 1. The van der Waals surface area contributed by atoms with Crippen molar-refractivity contribution in [1.82, 2.24) is 0 Å². The zero-order valence-corrected chi connectivity index (χ0v) is 7.09. The number of hydrogen-bond donors (Lipinski definition) is 1. The largest absolute Gasteiger partial charge is 0.346 e. The van der Waals surface area contributed by atoms with E-state index in [4.69, 9.17) is 5.40 Å². The Morgan fingerprint density at radius 2 is 1.90 bits per heavy atom. The molecule has 1 nitrogen and oxygen atoms in total. The Morgan fingerprint density at radius 3 is 2.50 bits per heavy atom. The molecule has 0 heterocycles. The van der Waals surface area contributed by atoms with Crippen LogP contribution in [0.4, 0.5) is 0 Å². The summed E-state index contributed by atoms with van der Waals surface area (Å²) >= 11 is 0. The molecule has 0 spiro atoms. The first-order chi connectivity index (χ1) is 4.93. The van der Waals surface area contributed by atoms with Crippen LogP contribution in [-0.2, 0) is 0 Å². The molecule has 0 amide bonds. The molecule has 1 rings (SSSR count). The molecule has 2 heteroatoms. The smallest absolute Gasteiger partial charge is 0.174 e. The molecule has 0 saturated carbocycles. The Bertz CT molecular complexity index is 245. The fraction of sp³-hybridized carbons (Fsp3) is 0. The molecule has 0 aliphatic carbocycles. The lowest BCUT2D eigenvalue weighted by Gasteiger charge is -1.84. The summed E-state index contributed by atoms with van der Waals surface area (Å²) in [5.41, 5.74) is 3.99. The molecule has 0 unspecified atom stereocenters. The van der Waals surface area contributed by atoms with E-state index in [1.54, 1.807) is 0 Å². The van der Waals surface area contributed by atoms with Crippen molar-refractivity contribution in [2.45, 2.75) is 0 Å². The molecule has 0 radical (unpaired) electrons. The lowest BCUT2D eigenvalue weighted by Crippen LogP contribution is -1.99. The quantitative estimate of drug-likeness (QED) is 0.407. The first-order valence-electron chi connectivity index (χ1n) is 3.17. The van der Waals surface area contributed by atoms with Gasteiger partial charge in [-0.1, -0.05) is 24.1 Å². The highest BCUT2D eigenvalue weighted by atomic mass is 28.2. The molecule has 0 aliphatic heterocycles. The Balaban J connectivity index is 2.76. The van der Waals surface area contributed by atoms with Crippen molar-refractivity contribution >= 4 is 9.68 Å². The van der Waals surface area contributed by atoms with E-state index in [2.05, 4.69) is 11.5 Å². The van der Waals surface area contributed by atoms with E-state index in [0.717, 1.165) is 5.56 Å². The van der Waals surface area contributed by atoms with Crippen LogP contribution < -0.4 is 5.40 Å². The third-order valence-electron chi connectivity index (χ3n) is 1.11. The van der Waals surface area contributed by atoms with E-state index in [0.29, 0.717) is 0 Å². The molecule has 0 fully saturated rings. The summed E-state index contributed by atoms with van der Waals surface area (Å²) in [6.07, 6.45) is 0. The lowest BCUT2D eigenvalue weighted by atomic mass is 10.2. The summed E-state index contributed by atoms with van der Waals surface area (Å²) in [6.45, 7) is 0. The molecular formula is C8H9NSi. The highest BCUT2D eigenvalue weighted by Crippen LogP contribution is 1.93. The van der Waals surface area contributed by atoms with Gasteiger partial charge in [0.2, 0.25) is 0 Å². The van der Waals surface area contributed by atoms with Crippen LogP contribution in [-0.4, -0.2) is 9.68 Å². The monoisotopic (exact) mass is 147 g/mol. The third kappa shape index (κ3) is 2.06. The van der Waals surface area contributed by atoms with Crippen LogP contribution in [0.25, 0.3) is 0 Å². The molecule has 10 heavy (non-hydrogen) atoms. The minimum Gasteiger partial charge on any atom is -0.346 e. The van der Waals surface area contributed by atoms with Crippen molar-refractivity contribution in [2.75, 3.05) is 0 Å². The first-order valence-corrected chi connectivity index (χ1v) is 4.70. The van der Waals surface area contributed by atoms with E-state index in [-0.39, 0.29) is 0 Å². The molecule has 2 N–H and O–H groups in total. The van der Waals surface area contributed by atoms with Gasteiger partial charge in [0.15, 0.2) is 9.68 Å². The van der Waals surface area contributed by atoms with E-state index >= 15 is 0 Å². The molecule has 0 bridgehead atoms. The maximum absolute atomic E-state index is 5.34. The maximum atomic E-state index is 5.34. The van der Waals surface area contributed by atoms with Gasteiger partial charge in [0.25, 0.3) is 0 Å². The zero-order chi connectivity index (χ0) is 7.23. The lowest BCUT2D eigenvalue weighted by molar-refractivity contribution is 1.65. The van der Waals surface area contributed by atoms with Crippen LogP contribution in [0.1, 0.15) is 5.56 Å². The van der Waals surface area contributed by atoms with Crippen LogP contribution >= 0.6 is 0 Å². The number of nitrogens with two attached hydrogens (primary N) is 1. The summed E-state index contributed by atoms with van der Waals surface area (Å²) < 4.78 is 0. The van der Waals surface area contributed by atoms with Crippen molar-refractivity contribution in [2.24, 2.45) is 5.40 Å². The fourth-order valence-corrected chi connectivity index (χ4v) is 0.981. The minimum absolute atomic E-state index is 0.591. The average Bonchev–Trinajstić information content (AvgIpc) is 2.03. The highest BCUT2D eigenvalue weighted by Gasteiger charge is 1.78. The van der Waals surface area contributed by atoms with Gasteiger partial charge in [-0.15, -0.1) is 5.54 Å². The summed E-state index contributed by atoms with van der Waals surface area (Å²) in [6, 6.07) is 9.89. The average molecular weight is 147 g/mol.